The van der Waals surface area contributed by atoms with Gasteiger partial charge in [0.2, 0.25) is 0 Å². The van der Waals surface area contributed by atoms with Crippen molar-refractivity contribution in [3.63, 3.8) is 0 Å². The second-order valence-corrected chi connectivity index (χ2v) is 6.59. The van der Waals surface area contributed by atoms with Gasteiger partial charge in [0, 0.05) is 6.61 Å². The van der Waals surface area contributed by atoms with Gasteiger partial charge in [-0.25, -0.2) is 0 Å². The van der Waals surface area contributed by atoms with Gasteiger partial charge in [0.25, 0.3) is 0 Å². The molecule has 0 atom stereocenters. The van der Waals surface area contributed by atoms with Crippen molar-refractivity contribution in [2.45, 2.75) is 59.0 Å². The minimum absolute atomic E-state index is 0.106. The van der Waals surface area contributed by atoms with E-state index >= 15 is 0 Å². The third kappa shape index (κ3) is 7.33. The number of benzene rings is 1. The number of rotatable bonds is 8. The first-order chi connectivity index (χ1) is 9.91. The Morgan fingerprint density at radius 2 is 1.81 bits per heavy atom. The molecule has 0 N–H and O–H groups in total. The predicted molar refractivity (Wildman–Crippen MR) is 90.1 cm³/mol. The van der Waals surface area contributed by atoms with Crippen LogP contribution in [0.25, 0.3) is 0 Å². The first-order valence-electron chi connectivity index (χ1n) is 7.90. The summed E-state index contributed by atoms with van der Waals surface area (Å²) in [4.78, 5) is 0. The smallest absolute Gasteiger partial charge is 0.123 e. The quantitative estimate of drug-likeness (QED) is 0.488. The van der Waals surface area contributed by atoms with Gasteiger partial charge in [0.1, 0.15) is 12.4 Å². The van der Waals surface area contributed by atoms with Gasteiger partial charge >= 0.3 is 0 Å². The molecule has 0 radical (unpaired) electrons. The van der Waals surface area contributed by atoms with Crippen LogP contribution in [0, 0.1) is 0 Å². The Morgan fingerprint density at radius 3 is 2.48 bits per heavy atom. The molecule has 118 valence electrons. The first-order valence-corrected chi connectivity index (χ1v) is 7.90. The van der Waals surface area contributed by atoms with Gasteiger partial charge in [-0.15, -0.1) is 0 Å². The summed E-state index contributed by atoms with van der Waals surface area (Å²) in [6.45, 7) is 12.2. The van der Waals surface area contributed by atoms with Crippen LogP contribution < -0.4 is 4.74 Å². The van der Waals surface area contributed by atoms with Crippen LogP contribution in [0.5, 0.6) is 5.75 Å². The molecule has 2 nitrogen and oxygen atoms in total. The molecule has 0 fully saturated rings. The van der Waals surface area contributed by atoms with E-state index in [0.29, 0.717) is 12.7 Å². The standard InChI is InChI=1S/C19H30O2/c1-16(2)20-14-10-6-7-11-15-21-18-13-9-8-12-17(18)19(3,4)5/h7-9,11-13,16H,6,10,14-15H2,1-5H3. The minimum atomic E-state index is 0.106. The van der Waals surface area contributed by atoms with Gasteiger partial charge < -0.3 is 9.47 Å². The summed E-state index contributed by atoms with van der Waals surface area (Å²) >= 11 is 0. The topological polar surface area (TPSA) is 18.5 Å². The van der Waals surface area contributed by atoms with Crippen molar-refractivity contribution < 1.29 is 9.47 Å². The molecule has 0 heterocycles. The molecule has 0 aliphatic carbocycles. The lowest BCUT2D eigenvalue weighted by Crippen LogP contribution is -2.13. The zero-order chi connectivity index (χ0) is 15.7. The highest BCUT2D eigenvalue weighted by Crippen LogP contribution is 2.30. The number of hydrogen-bond acceptors (Lipinski definition) is 2. The maximum absolute atomic E-state index is 5.89. The Bertz CT molecular complexity index is 427. The van der Waals surface area contributed by atoms with E-state index in [1.54, 1.807) is 0 Å². The van der Waals surface area contributed by atoms with E-state index in [0.717, 1.165) is 25.2 Å². The van der Waals surface area contributed by atoms with Crippen LogP contribution in [-0.2, 0) is 10.2 Å². The maximum Gasteiger partial charge on any atom is 0.123 e. The average molecular weight is 290 g/mol. The maximum atomic E-state index is 5.89. The second-order valence-electron chi connectivity index (χ2n) is 6.59. The molecule has 1 aromatic rings. The Labute approximate surface area is 130 Å². The van der Waals surface area contributed by atoms with Crippen LogP contribution >= 0.6 is 0 Å². The van der Waals surface area contributed by atoms with Crippen molar-refractivity contribution in [3.05, 3.63) is 42.0 Å². The Morgan fingerprint density at radius 1 is 1.10 bits per heavy atom. The largest absolute Gasteiger partial charge is 0.489 e. The molecule has 0 unspecified atom stereocenters. The SMILES string of the molecule is CC(C)OCCCC=CCOc1ccccc1C(C)(C)C. The zero-order valence-electron chi connectivity index (χ0n) is 14.2. The highest BCUT2D eigenvalue weighted by molar-refractivity contribution is 5.38. The lowest BCUT2D eigenvalue weighted by molar-refractivity contribution is 0.0775. The van der Waals surface area contributed by atoms with Gasteiger partial charge in [-0.2, -0.15) is 0 Å². The molecular formula is C19H30O2. The summed E-state index contributed by atoms with van der Waals surface area (Å²) in [5.41, 5.74) is 1.36. The molecule has 21 heavy (non-hydrogen) atoms. The van der Waals surface area contributed by atoms with Gasteiger partial charge in [0.15, 0.2) is 0 Å². The molecule has 0 aliphatic heterocycles. The van der Waals surface area contributed by atoms with Crippen molar-refractivity contribution in [1.82, 2.24) is 0 Å². The van der Waals surface area contributed by atoms with E-state index in [1.807, 2.05) is 12.1 Å². The van der Waals surface area contributed by atoms with Crippen LogP contribution in [-0.4, -0.2) is 19.3 Å². The molecule has 0 spiro atoms. The van der Waals surface area contributed by atoms with Crippen molar-refractivity contribution in [3.8, 4) is 5.75 Å². The minimum Gasteiger partial charge on any atom is -0.489 e. The van der Waals surface area contributed by atoms with E-state index in [-0.39, 0.29) is 5.41 Å². The Kier molecular flexibility index (Phi) is 7.52. The molecule has 0 amide bonds. The van der Waals surface area contributed by atoms with E-state index in [2.05, 4.69) is 58.9 Å². The Balaban J connectivity index is 2.33. The summed E-state index contributed by atoms with van der Waals surface area (Å²) in [5, 5.41) is 0. The predicted octanol–water partition coefficient (Wildman–Crippen LogP) is 5.12. The molecule has 2 heteroatoms. The summed E-state index contributed by atoms with van der Waals surface area (Å²) < 4.78 is 11.4. The number of hydrogen-bond donors (Lipinski definition) is 0. The van der Waals surface area contributed by atoms with Crippen molar-refractivity contribution >= 4 is 0 Å². The van der Waals surface area contributed by atoms with E-state index in [1.165, 1.54) is 5.56 Å². The van der Waals surface area contributed by atoms with Gasteiger partial charge in [-0.05, 0) is 43.7 Å². The molecular weight excluding hydrogens is 260 g/mol. The fourth-order valence-electron chi connectivity index (χ4n) is 2.06. The first kappa shape index (κ1) is 17.8. The highest BCUT2D eigenvalue weighted by atomic mass is 16.5. The molecule has 0 aliphatic rings. The molecule has 1 aromatic carbocycles. The molecule has 0 bridgehead atoms. The molecule has 0 saturated carbocycles. The van der Waals surface area contributed by atoms with Crippen LogP contribution in [0.3, 0.4) is 0 Å². The van der Waals surface area contributed by atoms with Crippen molar-refractivity contribution in [2.75, 3.05) is 13.2 Å². The van der Waals surface area contributed by atoms with Crippen molar-refractivity contribution in [2.24, 2.45) is 0 Å². The summed E-state index contributed by atoms with van der Waals surface area (Å²) in [5.74, 6) is 0.984. The van der Waals surface area contributed by atoms with Crippen LogP contribution in [0.2, 0.25) is 0 Å². The fourth-order valence-corrected chi connectivity index (χ4v) is 2.06. The second kappa shape index (κ2) is 8.89. The van der Waals surface area contributed by atoms with E-state index in [4.69, 9.17) is 9.47 Å². The van der Waals surface area contributed by atoms with Crippen LogP contribution in [0.1, 0.15) is 53.0 Å². The monoisotopic (exact) mass is 290 g/mol. The number of allylic oxidation sites excluding steroid dienone is 1. The lowest BCUT2D eigenvalue weighted by atomic mass is 9.86. The summed E-state index contributed by atoms with van der Waals surface area (Å²) in [6.07, 6.45) is 6.69. The third-order valence-electron chi connectivity index (χ3n) is 3.16. The summed E-state index contributed by atoms with van der Waals surface area (Å²) in [6, 6.07) is 8.28. The highest BCUT2D eigenvalue weighted by Gasteiger charge is 2.17. The summed E-state index contributed by atoms with van der Waals surface area (Å²) in [7, 11) is 0. The van der Waals surface area contributed by atoms with E-state index < -0.39 is 0 Å². The van der Waals surface area contributed by atoms with Crippen LogP contribution in [0.15, 0.2) is 36.4 Å². The van der Waals surface area contributed by atoms with Crippen LogP contribution in [0.4, 0.5) is 0 Å². The zero-order valence-corrected chi connectivity index (χ0v) is 14.2. The molecule has 1 rings (SSSR count). The number of ether oxygens (including phenoxy) is 2. The van der Waals surface area contributed by atoms with Gasteiger partial charge in [0.05, 0.1) is 6.10 Å². The van der Waals surface area contributed by atoms with Crippen molar-refractivity contribution in [1.29, 1.82) is 0 Å². The number of unbranched alkanes of at least 4 members (excludes halogenated alkanes) is 1. The molecule has 0 saturated heterocycles. The lowest BCUT2D eigenvalue weighted by Gasteiger charge is -2.22. The third-order valence-corrected chi connectivity index (χ3v) is 3.16. The molecule has 0 aromatic heterocycles. The van der Waals surface area contributed by atoms with E-state index in [9.17, 15) is 0 Å². The van der Waals surface area contributed by atoms with Gasteiger partial charge in [-0.3, -0.25) is 0 Å². The average Bonchev–Trinajstić information content (AvgIpc) is 2.41. The number of para-hydroxylation sites is 1. The fraction of sp³-hybridized carbons (Fsp3) is 0.579. The Hall–Kier alpha value is -1.28. The normalized spacial score (nSPS) is 12.3. The van der Waals surface area contributed by atoms with Gasteiger partial charge in [-0.1, -0.05) is 51.1 Å².